The summed E-state index contributed by atoms with van der Waals surface area (Å²) in [6.45, 7) is 1.87. The van der Waals surface area contributed by atoms with E-state index in [4.69, 9.17) is 0 Å². The van der Waals surface area contributed by atoms with Crippen LogP contribution in [-0.4, -0.2) is 11.3 Å². The summed E-state index contributed by atoms with van der Waals surface area (Å²) in [5, 5.41) is 3.07. The van der Waals surface area contributed by atoms with E-state index in [0.29, 0.717) is 5.69 Å². The number of rotatable bonds is 4. The normalized spacial score (nSPS) is 12.8. The van der Waals surface area contributed by atoms with Gasteiger partial charge in [-0.25, -0.2) is 0 Å². The highest BCUT2D eigenvalue weighted by atomic mass is 19.4. The molecule has 1 heterocycles. The zero-order valence-electron chi connectivity index (χ0n) is 10.7. The van der Waals surface area contributed by atoms with Gasteiger partial charge in [0.25, 0.3) is 0 Å². The molecule has 3 nitrogen and oxygen atoms in total. The number of hydrogen-bond acceptors (Lipinski definition) is 3. The van der Waals surface area contributed by atoms with Crippen LogP contribution in [0.25, 0.3) is 0 Å². The minimum atomic E-state index is -4.69. The van der Waals surface area contributed by atoms with Crippen LogP contribution in [0.4, 0.5) is 18.9 Å². The van der Waals surface area contributed by atoms with Crippen LogP contribution in [-0.2, 0) is 0 Å². The van der Waals surface area contributed by atoms with Gasteiger partial charge >= 0.3 is 6.36 Å². The fraction of sp³-hybridized carbons (Fsp3) is 0.214. The van der Waals surface area contributed by atoms with E-state index >= 15 is 0 Å². The molecule has 0 aliphatic heterocycles. The van der Waals surface area contributed by atoms with Crippen LogP contribution in [0.3, 0.4) is 0 Å². The summed E-state index contributed by atoms with van der Waals surface area (Å²) in [4.78, 5) is 4.18. The lowest BCUT2D eigenvalue weighted by Gasteiger charge is -2.16. The van der Waals surface area contributed by atoms with E-state index < -0.39 is 6.36 Å². The predicted molar refractivity (Wildman–Crippen MR) is 69.4 cm³/mol. The molecule has 2 aromatic rings. The Morgan fingerprint density at radius 2 is 1.95 bits per heavy atom. The van der Waals surface area contributed by atoms with E-state index in [1.807, 2.05) is 19.1 Å². The molecule has 0 radical (unpaired) electrons. The molecule has 2 rings (SSSR count). The topological polar surface area (TPSA) is 34.1 Å². The summed E-state index contributed by atoms with van der Waals surface area (Å²) in [7, 11) is 0. The van der Waals surface area contributed by atoms with Crippen LogP contribution in [0.2, 0.25) is 0 Å². The summed E-state index contributed by atoms with van der Waals surface area (Å²) in [5.74, 6) is -0.254. The van der Waals surface area contributed by atoms with E-state index in [-0.39, 0.29) is 11.8 Å². The Kier molecular flexibility index (Phi) is 4.12. The Morgan fingerprint density at radius 3 is 2.60 bits per heavy atom. The molecule has 0 aliphatic rings. The van der Waals surface area contributed by atoms with Gasteiger partial charge in [0, 0.05) is 18.0 Å². The van der Waals surface area contributed by atoms with Gasteiger partial charge in [-0.15, -0.1) is 13.2 Å². The van der Waals surface area contributed by atoms with E-state index in [2.05, 4.69) is 15.0 Å². The first-order chi connectivity index (χ1) is 9.44. The number of hydrogen-bond donors (Lipinski definition) is 1. The highest BCUT2D eigenvalue weighted by Gasteiger charge is 2.31. The summed E-state index contributed by atoms with van der Waals surface area (Å²) in [5.41, 5.74) is 1.33. The van der Waals surface area contributed by atoms with Crippen LogP contribution in [0.5, 0.6) is 5.75 Å². The second-order valence-corrected chi connectivity index (χ2v) is 4.20. The highest BCUT2D eigenvalue weighted by Crippen LogP contribution is 2.26. The van der Waals surface area contributed by atoms with Crippen LogP contribution in [0.15, 0.2) is 48.7 Å². The molecule has 1 unspecified atom stereocenters. The summed E-state index contributed by atoms with van der Waals surface area (Å²) in [6, 6.07) is 11.1. The number of pyridine rings is 1. The Labute approximate surface area is 114 Å². The third-order valence-electron chi connectivity index (χ3n) is 2.58. The minimum Gasteiger partial charge on any atom is -0.406 e. The molecule has 0 aliphatic carbocycles. The van der Waals surface area contributed by atoms with Crippen molar-refractivity contribution in [3.63, 3.8) is 0 Å². The molecule has 1 N–H and O–H groups in total. The molecule has 6 heteroatoms. The number of benzene rings is 1. The molecule has 1 aromatic heterocycles. The van der Waals surface area contributed by atoms with Gasteiger partial charge in [-0.2, -0.15) is 0 Å². The van der Waals surface area contributed by atoms with Crippen molar-refractivity contribution in [2.45, 2.75) is 19.3 Å². The van der Waals surface area contributed by atoms with Crippen LogP contribution in [0, 0.1) is 0 Å². The van der Waals surface area contributed by atoms with Crippen molar-refractivity contribution >= 4 is 5.69 Å². The van der Waals surface area contributed by atoms with Gasteiger partial charge in [0.15, 0.2) is 0 Å². The number of nitrogens with one attached hydrogen (secondary N) is 1. The molecule has 0 bridgehead atoms. The van der Waals surface area contributed by atoms with Crippen molar-refractivity contribution in [1.29, 1.82) is 0 Å². The molecule has 0 saturated carbocycles. The summed E-state index contributed by atoms with van der Waals surface area (Å²) >= 11 is 0. The number of anilines is 1. The Bertz CT molecular complexity index is 558. The number of alkyl halides is 3. The molecule has 106 valence electrons. The molecule has 0 saturated heterocycles. The maximum atomic E-state index is 12.1. The molecular weight excluding hydrogens is 269 g/mol. The van der Waals surface area contributed by atoms with Crippen molar-refractivity contribution in [2.24, 2.45) is 0 Å². The second-order valence-electron chi connectivity index (χ2n) is 4.20. The zero-order valence-corrected chi connectivity index (χ0v) is 10.7. The van der Waals surface area contributed by atoms with Crippen molar-refractivity contribution in [3.05, 3.63) is 54.4 Å². The number of nitrogens with zero attached hydrogens (tertiary/aromatic N) is 1. The monoisotopic (exact) mass is 282 g/mol. The van der Waals surface area contributed by atoms with E-state index in [1.54, 1.807) is 18.3 Å². The van der Waals surface area contributed by atoms with Crippen LogP contribution in [0.1, 0.15) is 18.7 Å². The fourth-order valence-electron chi connectivity index (χ4n) is 1.74. The average molecular weight is 282 g/mol. The Balaban J connectivity index is 2.08. The predicted octanol–water partition coefficient (Wildman–Crippen LogP) is 4.15. The quantitative estimate of drug-likeness (QED) is 0.914. The molecule has 0 amide bonds. The molecule has 1 atom stereocenters. The third kappa shape index (κ3) is 4.15. The Hall–Kier alpha value is -2.24. The highest BCUT2D eigenvalue weighted by molar-refractivity contribution is 5.49. The molecule has 20 heavy (non-hydrogen) atoms. The van der Waals surface area contributed by atoms with E-state index in [9.17, 15) is 13.2 Å². The molecule has 0 fully saturated rings. The lowest BCUT2D eigenvalue weighted by atomic mass is 10.2. The zero-order chi connectivity index (χ0) is 14.6. The molecular formula is C14H13F3N2O. The van der Waals surface area contributed by atoms with Crippen LogP contribution >= 0.6 is 0 Å². The van der Waals surface area contributed by atoms with E-state index in [0.717, 1.165) is 5.69 Å². The number of ether oxygens (including phenoxy) is 1. The maximum Gasteiger partial charge on any atom is 0.573 e. The molecule has 1 aromatic carbocycles. The smallest absolute Gasteiger partial charge is 0.406 e. The minimum absolute atomic E-state index is 0.127. The Morgan fingerprint density at radius 1 is 1.15 bits per heavy atom. The standard InChI is InChI=1S/C14H13F3N2O/c1-10(13-7-2-3-8-18-13)19-11-5-4-6-12(9-11)20-14(15,16)17/h2-10,19H,1H3. The van der Waals surface area contributed by atoms with Gasteiger partial charge < -0.3 is 10.1 Å². The first-order valence-corrected chi connectivity index (χ1v) is 5.97. The van der Waals surface area contributed by atoms with Crippen LogP contribution < -0.4 is 10.1 Å². The van der Waals surface area contributed by atoms with Crippen molar-refractivity contribution in [2.75, 3.05) is 5.32 Å². The van der Waals surface area contributed by atoms with E-state index in [1.165, 1.54) is 18.2 Å². The SMILES string of the molecule is CC(Nc1cccc(OC(F)(F)F)c1)c1ccccn1. The maximum absolute atomic E-state index is 12.1. The summed E-state index contributed by atoms with van der Waals surface area (Å²) in [6.07, 6.45) is -3.03. The van der Waals surface area contributed by atoms with Gasteiger partial charge in [0.05, 0.1) is 11.7 Å². The third-order valence-corrected chi connectivity index (χ3v) is 2.58. The van der Waals surface area contributed by atoms with Crippen molar-refractivity contribution in [3.8, 4) is 5.75 Å². The van der Waals surface area contributed by atoms with Gasteiger partial charge in [0.1, 0.15) is 5.75 Å². The van der Waals surface area contributed by atoms with Gasteiger partial charge in [-0.1, -0.05) is 12.1 Å². The fourth-order valence-corrected chi connectivity index (χ4v) is 1.74. The van der Waals surface area contributed by atoms with Gasteiger partial charge in [-0.05, 0) is 31.2 Å². The average Bonchev–Trinajstić information content (AvgIpc) is 2.38. The summed E-state index contributed by atoms with van der Waals surface area (Å²) < 4.78 is 40.3. The van der Waals surface area contributed by atoms with Gasteiger partial charge in [-0.3, -0.25) is 4.98 Å². The van der Waals surface area contributed by atoms with Crippen molar-refractivity contribution in [1.82, 2.24) is 4.98 Å². The number of aromatic nitrogens is 1. The second kappa shape index (κ2) is 5.81. The lowest BCUT2D eigenvalue weighted by Crippen LogP contribution is -2.17. The largest absolute Gasteiger partial charge is 0.573 e. The first kappa shape index (κ1) is 14.2. The van der Waals surface area contributed by atoms with Crippen molar-refractivity contribution < 1.29 is 17.9 Å². The molecule has 0 spiro atoms. The lowest BCUT2D eigenvalue weighted by molar-refractivity contribution is -0.274. The first-order valence-electron chi connectivity index (χ1n) is 5.97. The van der Waals surface area contributed by atoms with Gasteiger partial charge in [0.2, 0.25) is 0 Å². The number of halogens is 3.